The maximum atomic E-state index is 11.9. The number of nitrogens with one attached hydrogen (secondary N) is 1. The fourth-order valence-corrected chi connectivity index (χ4v) is 3.05. The number of amides is 1. The predicted octanol–water partition coefficient (Wildman–Crippen LogP) is 3.48. The summed E-state index contributed by atoms with van der Waals surface area (Å²) in [7, 11) is 0. The molecule has 0 atom stereocenters. The van der Waals surface area contributed by atoms with E-state index >= 15 is 0 Å². The fraction of sp³-hybridized carbons (Fsp3) is 0.500. The molecule has 1 N–H and O–H groups in total. The first-order chi connectivity index (χ1) is 10.2. The van der Waals surface area contributed by atoms with Crippen LogP contribution < -0.4 is 10.1 Å². The monoisotopic (exact) mass is 353 g/mol. The summed E-state index contributed by atoms with van der Waals surface area (Å²) in [6, 6.07) is 5.30. The Bertz CT molecular complexity index is 496. The normalized spacial score (nSPS) is 16.0. The minimum Gasteiger partial charge on any atom is -0.483 e. The van der Waals surface area contributed by atoms with Gasteiger partial charge >= 0.3 is 0 Å². The van der Waals surface area contributed by atoms with Crippen molar-refractivity contribution in [2.45, 2.75) is 44.6 Å². The van der Waals surface area contributed by atoms with E-state index in [-0.39, 0.29) is 18.6 Å². The van der Waals surface area contributed by atoms with Crippen LogP contribution in [0.4, 0.5) is 0 Å². The van der Waals surface area contributed by atoms with Gasteiger partial charge in [-0.3, -0.25) is 9.59 Å². The molecule has 1 aliphatic rings. The SMILES string of the molecule is O=Cc1ccc(OCC(=O)NC2CCCCCC2)c(Br)c1. The van der Waals surface area contributed by atoms with E-state index < -0.39 is 0 Å². The van der Waals surface area contributed by atoms with Gasteiger partial charge in [-0.1, -0.05) is 25.7 Å². The van der Waals surface area contributed by atoms with E-state index in [1.807, 2.05) is 0 Å². The fourth-order valence-electron chi connectivity index (χ4n) is 2.54. The van der Waals surface area contributed by atoms with E-state index in [2.05, 4.69) is 21.2 Å². The van der Waals surface area contributed by atoms with Gasteiger partial charge in [0.2, 0.25) is 0 Å². The highest BCUT2D eigenvalue weighted by Gasteiger charge is 2.15. The van der Waals surface area contributed by atoms with Crippen molar-refractivity contribution in [3.05, 3.63) is 28.2 Å². The molecular weight excluding hydrogens is 334 g/mol. The van der Waals surface area contributed by atoms with Crippen molar-refractivity contribution in [1.82, 2.24) is 5.32 Å². The lowest BCUT2D eigenvalue weighted by atomic mass is 10.1. The molecule has 1 aliphatic carbocycles. The summed E-state index contributed by atoms with van der Waals surface area (Å²) in [5.41, 5.74) is 0.567. The lowest BCUT2D eigenvalue weighted by Gasteiger charge is -2.16. The highest BCUT2D eigenvalue weighted by atomic mass is 79.9. The predicted molar refractivity (Wildman–Crippen MR) is 84.7 cm³/mol. The summed E-state index contributed by atoms with van der Waals surface area (Å²) in [6.45, 7) is -0.00443. The molecule has 21 heavy (non-hydrogen) atoms. The molecule has 0 unspecified atom stereocenters. The summed E-state index contributed by atoms with van der Waals surface area (Å²) >= 11 is 3.33. The van der Waals surface area contributed by atoms with Crippen molar-refractivity contribution in [2.24, 2.45) is 0 Å². The molecule has 0 saturated heterocycles. The number of ether oxygens (including phenoxy) is 1. The minimum atomic E-state index is -0.0896. The molecule has 2 rings (SSSR count). The van der Waals surface area contributed by atoms with Crippen LogP contribution in [0, 0.1) is 0 Å². The van der Waals surface area contributed by atoms with Crippen molar-refractivity contribution < 1.29 is 14.3 Å². The van der Waals surface area contributed by atoms with Gasteiger partial charge in [0.15, 0.2) is 6.61 Å². The smallest absolute Gasteiger partial charge is 0.258 e. The van der Waals surface area contributed by atoms with E-state index in [0.717, 1.165) is 19.1 Å². The van der Waals surface area contributed by atoms with Crippen LogP contribution in [0.5, 0.6) is 5.75 Å². The third-order valence-corrected chi connectivity index (χ3v) is 4.29. The Morgan fingerprint density at radius 3 is 2.62 bits per heavy atom. The topological polar surface area (TPSA) is 55.4 Å². The molecule has 5 heteroatoms. The zero-order valence-corrected chi connectivity index (χ0v) is 13.5. The molecule has 0 bridgehead atoms. The number of aldehydes is 1. The van der Waals surface area contributed by atoms with Crippen LogP contribution in [0.1, 0.15) is 48.9 Å². The molecule has 1 fully saturated rings. The van der Waals surface area contributed by atoms with Gasteiger partial charge in [0.1, 0.15) is 12.0 Å². The summed E-state index contributed by atoms with van der Waals surface area (Å²) in [5, 5.41) is 3.04. The van der Waals surface area contributed by atoms with E-state index in [4.69, 9.17) is 4.74 Å². The van der Waals surface area contributed by atoms with Crippen LogP contribution >= 0.6 is 15.9 Å². The number of halogens is 1. The Hall–Kier alpha value is -1.36. The first kappa shape index (κ1) is 16.0. The van der Waals surface area contributed by atoms with Gasteiger partial charge in [-0.25, -0.2) is 0 Å². The Labute approximate surface area is 133 Å². The molecule has 0 aromatic heterocycles. The molecule has 0 radical (unpaired) electrons. The Morgan fingerprint density at radius 2 is 2.00 bits per heavy atom. The van der Waals surface area contributed by atoms with Gasteiger partial charge < -0.3 is 10.1 Å². The highest BCUT2D eigenvalue weighted by Crippen LogP contribution is 2.25. The van der Waals surface area contributed by atoms with E-state index in [9.17, 15) is 9.59 Å². The van der Waals surface area contributed by atoms with Gasteiger partial charge in [-0.2, -0.15) is 0 Å². The highest BCUT2D eigenvalue weighted by molar-refractivity contribution is 9.10. The first-order valence-corrected chi connectivity index (χ1v) is 8.15. The van der Waals surface area contributed by atoms with Crippen LogP contribution in [0.25, 0.3) is 0 Å². The lowest BCUT2D eigenvalue weighted by Crippen LogP contribution is -2.37. The second kappa shape index (κ2) is 8.17. The third kappa shape index (κ3) is 5.16. The van der Waals surface area contributed by atoms with Crippen molar-refractivity contribution in [1.29, 1.82) is 0 Å². The first-order valence-electron chi connectivity index (χ1n) is 7.36. The van der Waals surface area contributed by atoms with E-state index in [1.54, 1.807) is 18.2 Å². The molecule has 0 spiro atoms. The van der Waals surface area contributed by atoms with E-state index in [0.29, 0.717) is 15.8 Å². The van der Waals surface area contributed by atoms with Crippen LogP contribution in [-0.2, 0) is 4.79 Å². The molecule has 4 nitrogen and oxygen atoms in total. The average molecular weight is 354 g/mol. The minimum absolute atomic E-state index is 0.00443. The molecule has 1 aromatic carbocycles. The maximum Gasteiger partial charge on any atom is 0.258 e. The van der Waals surface area contributed by atoms with Gasteiger partial charge in [-0.15, -0.1) is 0 Å². The summed E-state index contributed by atoms with van der Waals surface area (Å²) < 4.78 is 6.17. The summed E-state index contributed by atoms with van der Waals surface area (Å²) in [6.07, 6.45) is 7.78. The quantitative estimate of drug-likeness (QED) is 0.651. The number of hydrogen-bond acceptors (Lipinski definition) is 3. The van der Waals surface area contributed by atoms with E-state index in [1.165, 1.54) is 25.7 Å². The van der Waals surface area contributed by atoms with Crippen LogP contribution in [0.15, 0.2) is 22.7 Å². The number of rotatable bonds is 5. The van der Waals surface area contributed by atoms with Crippen molar-refractivity contribution in [2.75, 3.05) is 6.61 Å². The van der Waals surface area contributed by atoms with Crippen molar-refractivity contribution in [3.63, 3.8) is 0 Å². The Morgan fingerprint density at radius 1 is 1.29 bits per heavy atom. The Kier molecular flexibility index (Phi) is 6.23. The molecule has 0 heterocycles. The summed E-state index contributed by atoms with van der Waals surface area (Å²) in [5.74, 6) is 0.477. The largest absolute Gasteiger partial charge is 0.483 e. The van der Waals surface area contributed by atoms with Crippen LogP contribution in [0.2, 0.25) is 0 Å². The molecule has 114 valence electrons. The zero-order chi connectivity index (χ0) is 15.1. The second-order valence-electron chi connectivity index (χ2n) is 5.35. The molecule has 0 aliphatic heterocycles. The average Bonchev–Trinajstić information content (AvgIpc) is 2.74. The van der Waals surface area contributed by atoms with Crippen molar-refractivity contribution in [3.8, 4) is 5.75 Å². The molecule has 1 aromatic rings. The maximum absolute atomic E-state index is 11.9. The molecule has 1 amide bonds. The molecule has 1 saturated carbocycles. The van der Waals surface area contributed by atoms with Gasteiger partial charge in [0, 0.05) is 11.6 Å². The van der Waals surface area contributed by atoms with Crippen molar-refractivity contribution >= 4 is 28.1 Å². The summed E-state index contributed by atoms with van der Waals surface area (Å²) in [4.78, 5) is 22.6. The van der Waals surface area contributed by atoms with Crippen LogP contribution in [-0.4, -0.2) is 24.8 Å². The van der Waals surface area contributed by atoms with Gasteiger partial charge in [0.25, 0.3) is 5.91 Å². The van der Waals surface area contributed by atoms with Gasteiger partial charge in [0.05, 0.1) is 4.47 Å². The third-order valence-electron chi connectivity index (χ3n) is 3.67. The molecular formula is C16H20BrNO3. The number of carbonyl (C=O) groups excluding carboxylic acids is 2. The zero-order valence-electron chi connectivity index (χ0n) is 11.9. The second-order valence-corrected chi connectivity index (χ2v) is 6.21. The van der Waals surface area contributed by atoms with Gasteiger partial charge in [-0.05, 0) is 47.0 Å². The van der Waals surface area contributed by atoms with Crippen LogP contribution in [0.3, 0.4) is 0 Å². The number of hydrogen-bond donors (Lipinski definition) is 1. The number of benzene rings is 1. The Balaban J connectivity index is 1.81. The lowest BCUT2D eigenvalue weighted by molar-refractivity contribution is -0.123. The standard InChI is InChI=1S/C16H20BrNO3/c17-14-9-12(10-19)7-8-15(14)21-11-16(20)18-13-5-3-1-2-4-6-13/h7-10,13H,1-6,11H2,(H,18,20). The number of carbonyl (C=O) groups is 2.